The molecule has 1 aromatic carbocycles. The number of halogens is 4. The lowest BCUT2D eigenvalue weighted by atomic mass is 9.83. The van der Waals surface area contributed by atoms with Crippen LogP contribution in [-0.4, -0.2) is 33.6 Å². The zero-order chi connectivity index (χ0) is 18.2. The number of carbonyl (C=O) groups is 1. The van der Waals surface area contributed by atoms with Crippen molar-refractivity contribution in [2.45, 2.75) is 50.4 Å². The fourth-order valence-electron chi connectivity index (χ4n) is 3.42. The molecule has 2 aliphatic rings. The van der Waals surface area contributed by atoms with Crippen LogP contribution in [0.1, 0.15) is 48.9 Å². The molecule has 0 saturated heterocycles. The fourth-order valence-corrected chi connectivity index (χ4v) is 3.87. The molecule has 25 heavy (non-hydrogen) atoms. The normalized spacial score (nSPS) is 25.2. The van der Waals surface area contributed by atoms with Gasteiger partial charge in [-0.3, -0.25) is 4.79 Å². The lowest BCUT2D eigenvalue weighted by Gasteiger charge is -2.33. The summed E-state index contributed by atoms with van der Waals surface area (Å²) in [7, 11) is 0. The molecule has 1 fully saturated rings. The van der Waals surface area contributed by atoms with Gasteiger partial charge in [-0.25, -0.2) is 0 Å². The Labute approximate surface area is 151 Å². The minimum absolute atomic E-state index is 0.0267. The maximum absolute atomic E-state index is 13.6. The number of rotatable bonds is 2. The van der Waals surface area contributed by atoms with Crippen molar-refractivity contribution >= 4 is 27.5 Å². The van der Waals surface area contributed by atoms with E-state index in [0.29, 0.717) is 4.47 Å². The third kappa shape index (κ3) is 3.33. The Bertz CT molecular complexity index is 701. The van der Waals surface area contributed by atoms with Gasteiger partial charge in [-0.2, -0.15) is 23.3 Å². The average Bonchev–Trinajstić information content (AvgIpc) is 2.94. The summed E-state index contributed by atoms with van der Waals surface area (Å²) in [6, 6.07) is 6.16. The molecule has 1 N–H and O–H groups in total. The first-order valence-electron chi connectivity index (χ1n) is 8.19. The van der Waals surface area contributed by atoms with Gasteiger partial charge in [-0.1, -0.05) is 31.4 Å². The Morgan fingerprint density at radius 3 is 2.48 bits per heavy atom. The van der Waals surface area contributed by atoms with Crippen molar-refractivity contribution in [2.24, 2.45) is 11.0 Å². The van der Waals surface area contributed by atoms with Gasteiger partial charge in [0.25, 0.3) is 11.6 Å². The first-order chi connectivity index (χ1) is 11.7. The van der Waals surface area contributed by atoms with E-state index in [9.17, 15) is 23.1 Å². The SMILES string of the molecule is O=C(c1ccccc1Br)N1N=C(C2CCCCC2)CC1(O)C(F)(F)F. The molecule has 0 radical (unpaired) electrons. The molecule has 1 unspecified atom stereocenters. The molecule has 1 aliphatic heterocycles. The number of hydrogen-bond acceptors (Lipinski definition) is 3. The van der Waals surface area contributed by atoms with Gasteiger partial charge in [0.05, 0.1) is 5.56 Å². The van der Waals surface area contributed by atoms with Gasteiger partial charge in [-0.15, -0.1) is 0 Å². The summed E-state index contributed by atoms with van der Waals surface area (Å²) in [6.07, 6.45) is -1.31. The second-order valence-corrected chi connectivity index (χ2v) is 7.37. The molecule has 4 nitrogen and oxygen atoms in total. The van der Waals surface area contributed by atoms with Crippen molar-refractivity contribution in [3.8, 4) is 0 Å². The second kappa shape index (κ2) is 6.72. The number of alkyl halides is 3. The van der Waals surface area contributed by atoms with Crippen molar-refractivity contribution in [1.29, 1.82) is 0 Å². The predicted octanol–water partition coefficient (Wildman–Crippen LogP) is 4.48. The van der Waals surface area contributed by atoms with E-state index in [2.05, 4.69) is 21.0 Å². The monoisotopic (exact) mass is 418 g/mol. The Balaban J connectivity index is 1.98. The molecule has 1 atom stereocenters. The third-order valence-corrected chi connectivity index (χ3v) is 5.53. The van der Waals surface area contributed by atoms with Crippen molar-refractivity contribution in [1.82, 2.24) is 5.01 Å². The number of hydrazone groups is 1. The van der Waals surface area contributed by atoms with Crippen LogP contribution < -0.4 is 0 Å². The molecule has 8 heteroatoms. The van der Waals surface area contributed by atoms with Crippen molar-refractivity contribution in [3.63, 3.8) is 0 Å². The molecule has 0 spiro atoms. The highest BCUT2D eigenvalue weighted by Gasteiger charge is 2.63. The van der Waals surface area contributed by atoms with E-state index in [0.717, 1.165) is 32.1 Å². The molecule has 136 valence electrons. The van der Waals surface area contributed by atoms with Crippen LogP contribution in [0.2, 0.25) is 0 Å². The predicted molar refractivity (Wildman–Crippen MR) is 89.9 cm³/mol. The number of hydrogen-bond donors (Lipinski definition) is 1. The topological polar surface area (TPSA) is 52.9 Å². The third-order valence-electron chi connectivity index (χ3n) is 4.83. The zero-order valence-corrected chi connectivity index (χ0v) is 15.0. The van der Waals surface area contributed by atoms with Crippen molar-refractivity contribution < 1.29 is 23.1 Å². The molecule has 3 rings (SSSR count). The van der Waals surface area contributed by atoms with E-state index < -0.39 is 24.2 Å². The van der Waals surface area contributed by atoms with Crippen LogP contribution in [0, 0.1) is 5.92 Å². The highest BCUT2D eigenvalue weighted by atomic mass is 79.9. The number of nitrogens with zero attached hydrogens (tertiary/aromatic N) is 2. The number of benzene rings is 1. The van der Waals surface area contributed by atoms with Crippen LogP contribution >= 0.6 is 15.9 Å². The Hall–Kier alpha value is -1.41. The summed E-state index contributed by atoms with van der Waals surface area (Å²) in [4.78, 5) is 12.7. The average molecular weight is 419 g/mol. The Morgan fingerprint density at radius 1 is 1.24 bits per heavy atom. The van der Waals surface area contributed by atoms with E-state index in [1.165, 1.54) is 6.07 Å². The van der Waals surface area contributed by atoms with E-state index in [-0.39, 0.29) is 22.2 Å². The van der Waals surface area contributed by atoms with Gasteiger partial charge in [0.2, 0.25) is 0 Å². The van der Waals surface area contributed by atoms with E-state index in [1.54, 1.807) is 18.2 Å². The first kappa shape index (κ1) is 18.4. The maximum Gasteiger partial charge on any atom is 0.438 e. The van der Waals surface area contributed by atoms with Crippen molar-refractivity contribution in [2.75, 3.05) is 0 Å². The summed E-state index contributed by atoms with van der Waals surface area (Å²) in [5.74, 6) is -1.09. The Kier molecular flexibility index (Phi) is 4.94. The van der Waals surface area contributed by atoms with Crippen LogP contribution in [-0.2, 0) is 0 Å². The fraction of sp³-hybridized carbons (Fsp3) is 0.529. The molecule has 0 aromatic heterocycles. The molecular formula is C17H18BrF3N2O2. The van der Waals surface area contributed by atoms with Crippen LogP contribution in [0.5, 0.6) is 0 Å². The minimum atomic E-state index is -5.00. The van der Waals surface area contributed by atoms with Gasteiger partial charge < -0.3 is 5.11 Å². The zero-order valence-electron chi connectivity index (χ0n) is 13.4. The quantitative estimate of drug-likeness (QED) is 0.769. The van der Waals surface area contributed by atoms with Gasteiger partial charge in [0.1, 0.15) is 0 Å². The second-order valence-electron chi connectivity index (χ2n) is 6.51. The Morgan fingerprint density at radius 2 is 1.88 bits per heavy atom. The number of aliphatic hydroxyl groups is 1. The standard InChI is InChI=1S/C17H18BrF3N2O2/c18-13-9-5-4-8-12(13)15(24)23-16(25,17(19,20)21)10-14(22-23)11-6-2-1-3-7-11/h4-5,8-9,11,25H,1-3,6-7,10H2. The lowest BCUT2D eigenvalue weighted by molar-refractivity contribution is -0.297. The highest BCUT2D eigenvalue weighted by molar-refractivity contribution is 9.10. The van der Waals surface area contributed by atoms with Crippen LogP contribution in [0.25, 0.3) is 0 Å². The van der Waals surface area contributed by atoms with Gasteiger partial charge in [-0.05, 0) is 46.8 Å². The molecule has 1 amide bonds. The summed E-state index contributed by atoms with van der Waals surface area (Å²) in [6.45, 7) is 0. The van der Waals surface area contributed by atoms with Crippen molar-refractivity contribution in [3.05, 3.63) is 34.3 Å². The molecule has 1 heterocycles. The molecule has 1 aliphatic carbocycles. The number of amides is 1. The molecule has 0 bridgehead atoms. The van der Waals surface area contributed by atoms with Gasteiger partial charge in [0, 0.05) is 16.6 Å². The maximum atomic E-state index is 13.6. The number of carbonyl (C=O) groups excluding carboxylic acids is 1. The molecule has 1 aromatic rings. The van der Waals surface area contributed by atoms with Crippen LogP contribution in [0.4, 0.5) is 13.2 Å². The smallest absolute Gasteiger partial charge is 0.362 e. The molecular weight excluding hydrogens is 401 g/mol. The summed E-state index contributed by atoms with van der Waals surface area (Å²) >= 11 is 3.16. The van der Waals surface area contributed by atoms with Crippen LogP contribution in [0.3, 0.4) is 0 Å². The largest absolute Gasteiger partial charge is 0.438 e. The molecule has 1 saturated carbocycles. The summed E-state index contributed by atoms with van der Waals surface area (Å²) < 4.78 is 41.1. The van der Waals surface area contributed by atoms with E-state index >= 15 is 0 Å². The summed E-state index contributed by atoms with van der Waals surface area (Å²) in [5, 5.41) is 14.5. The summed E-state index contributed by atoms with van der Waals surface area (Å²) in [5.41, 5.74) is -3.01. The first-order valence-corrected chi connectivity index (χ1v) is 8.99. The highest BCUT2D eigenvalue weighted by Crippen LogP contribution is 2.44. The van der Waals surface area contributed by atoms with Gasteiger partial charge in [0.15, 0.2) is 0 Å². The lowest BCUT2D eigenvalue weighted by Crippen LogP contribution is -2.56. The van der Waals surface area contributed by atoms with E-state index in [4.69, 9.17) is 0 Å². The van der Waals surface area contributed by atoms with E-state index in [1.807, 2.05) is 0 Å². The van der Waals surface area contributed by atoms with Gasteiger partial charge >= 0.3 is 6.18 Å². The van der Waals surface area contributed by atoms with Crippen LogP contribution in [0.15, 0.2) is 33.8 Å². The minimum Gasteiger partial charge on any atom is -0.362 e.